The number of nitrogens with zero attached hydrogens (tertiary/aromatic N) is 2. The van der Waals surface area contributed by atoms with E-state index in [0.717, 1.165) is 0 Å². The maximum Gasteiger partial charge on any atom is 0.259 e. The zero-order chi connectivity index (χ0) is 15.4. The second-order valence-corrected chi connectivity index (χ2v) is 6.69. The van der Waals surface area contributed by atoms with Crippen molar-refractivity contribution >= 4 is 10.0 Å². The molecule has 0 bridgehead atoms. The SMILES string of the molecule is CCn1cc(S(=O)(=O)NCC(C)(O)CCOC)nc1C. The van der Waals surface area contributed by atoms with Crippen molar-refractivity contribution in [3.05, 3.63) is 12.0 Å². The maximum absolute atomic E-state index is 12.1. The van der Waals surface area contributed by atoms with E-state index in [2.05, 4.69) is 9.71 Å². The summed E-state index contributed by atoms with van der Waals surface area (Å²) in [5.41, 5.74) is -1.16. The molecule has 0 amide bonds. The number of nitrogens with one attached hydrogen (secondary N) is 1. The molecule has 0 saturated carbocycles. The van der Waals surface area contributed by atoms with Gasteiger partial charge in [0.1, 0.15) is 5.82 Å². The highest BCUT2D eigenvalue weighted by Crippen LogP contribution is 2.12. The Labute approximate surface area is 120 Å². The molecule has 0 fully saturated rings. The molecule has 0 aromatic carbocycles. The van der Waals surface area contributed by atoms with Gasteiger partial charge in [0.15, 0.2) is 5.03 Å². The predicted molar refractivity (Wildman–Crippen MR) is 74.9 cm³/mol. The average molecular weight is 305 g/mol. The Kier molecular flexibility index (Phi) is 5.69. The van der Waals surface area contributed by atoms with Crippen LogP contribution in [0.2, 0.25) is 0 Å². The molecule has 0 radical (unpaired) electrons. The lowest BCUT2D eigenvalue weighted by atomic mass is 10.0. The third-order valence-electron chi connectivity index (χ3n) is 3.06. The van der Waals surface area contributed by atoms with Gasteiger partial charge in [0.05, 0.1) is 5.60 Å². The number of hydrogen-bond acceptors (Lipinski definition) is 5. The number of sulfonamides is 1. The number of aliphatic hydroxyl groups is 1. The quantitative estimate of drug-likeness (QED) is 0.719. The lowest BCUT2D eigenvalue weighted by molar-refractivity contribution is 0.0292. The summed E-state index contributed by atoms with van der Waals surface area (Å²) in [4.78, 5) is 4.02. The van der Waals surface area contributed by atoms with Crippen molar-refractivity contribution in [2.75, 3.05) is 20.3 Å². The number of ether oxygens (including phenoxy) is 1. The maximum atomic E-state index is 12.1. The molecule has 1 aromatic rings. The van der Waals surface area contributed by atoms with Crippen molar-refractivity contribution in [1.29, 1.82) is 0 Å². The zero-order valence-electron chi connectivity index (χ0n) is 12.4. The highest BCUT2D eigenvalue weighted by molar-refractivity contribution is 7.89. The fourth-order valence-corrected chi connectivity index (χ4v) is 2.83. The Morgan fingerprint density at radius 3 is 2.70 bits per heavy atom. The minimum Gasteiger partial charge on any atom is -0.389 e. The van der Waals surface area contributed by atoms with E-state index in [4.69, 9.17) is 4.74 Å². The van der Waals surface area contributed by atoms with Crippen molar-refractivity contribution in [3.63, 3.8) is 0 Å². The first kappa shape index (κ1) is 17.1. The number of hydrogen-bond donors (Lipinski definition) is 2. The van der Waals surface area contributed by atoms with Crippen LogP contribution in [-0.2, 0) is 21.3 Å². The number of aryl methyl sites for hydroxylation is 2. The second kappa shape index (κ2) is 6.66. The molecule has 0 spiro atoms. The summed E-state index contributed by atoms with van der Waals surface area (Å²) in [7, 11) is -2.18. The normalized spacial score (nSPS) is 15.2. The lowest BCUT2D eigenvalue weighted by Crippen LogP contribution is -2.41. The summed E-state index contributed by atoms with van der Waals surface area (Å²) in [5, 5.41) is 10.0. The van der Waals surface area contributed by atoms with E-state index in [1.165, 1.54) is 13.3 Å². The van der Waals surface area contributed by atoms with Crippen molar-refractivity contribution < 1.29 is 18.3 Å². The molecule has 116 valence electrons. The molecule has 0 aliphatic rings. The van der Waals surface area contributed by atoms with Crippen LogP contribution in [0, 0.1) is 6.92 Å². The minimum atomic E-state index is -3.71. The molecule has 8 heteroatoms. The van der Waals surface area contributed by atoms with Gasteiger partial charge >= 0.3 is 0 Å². The van der Waals surface area contributed by atoms with Crippen LogP contribution in [0.4, 0.5) is 0 Å². The summed E-state index contributed by atoms with van der Waals surface area (Å²) >= 11 is 0. The molecular formula is C12H23N3O4S. The summed E-state index contributed by atoms with van der Waals surface area (Å²) in [6, 6.07) is 0. The van der Waals surface area contributed by atoms with Crippen LogP contribution in [0.5, 0.6) is 0 Å². The summed E-state index contributed by atoms with van der Waals surface area (Å²) in [5.74, 6) is 0.638. The van der Waals surface area contributed by atoms with E-state index in [9.17, 15) is 13.5 Å². The molecule has 1 heterocycles. The first-order valence-corrected chi connectivity index (χ1v) is 7.95. The van der Waals surface area contributed by atoms with Gasteiger partial charge in [-0.05, 0) is 20.8 Å². The van der Waals surface area contributed by atoms with E-state index in [1.807, 2.05) is 6.92 Å². The Bertz CT molecular complexity index is 537. The topological polar surface area (TPSA) is 93.5 Å². The third kappa shape index (κ3) is 4.55. The van der Waals surface area contributed by atoms with Crippen molar-refractivity contribution in [2.24, 2.45) is 0 Å². The number of aromatic nitrogens is 2. The fraction of sp³-hybridized carbons (Fsp3) is 0.750. The molecule has 1 aromatic heterocycles. The molecule has 1 atom stereocenters. The van der Waals surface area contributed by atoms with Crippen LogP contribution in [0.3, 0.4) is 0 Å². The van der Waals surface area contributed by atoms with Crippen LogP contribution in [0.25, 0.3) is 0 Å². The third-order valence-corrected chi connectivity index (χ3v) is 4.33. The van der Waals surface area contributed by atoms with E-state index in [-0.39, 0.29) is 11.6 Å². The molecule has 0 aliphatic carbocycles. The average Bonchev–Trinajstić information content (AvgIpc) is 2.76. The van der Waals surface area contributed by atoms with Crippen LogP contribution in [0.1, 0.15) is 26.1 Å². The lowest BCUT2D eigenvalue weighted by Gasteiger charge is -2.22. The van der Waals surface area contributed by atoms with E-state index >= 15 is 0 Å². The van der Waals surface area contributed by atoms with Gasteiger partial charge in [-0.15, -0.1) is 0 Å². The van der Waals surface area contributed by atoms with Crippen LogP contribution in [-0.4, -0.2) is 48.9 Å². The molecule has 0 aliphatic heterocycles. The summed E-state index contributed by atoms with van der Waals surface area (Å²) < 4.78 is 33.2. The highest BCUT2D eigenvalue weighted by Gasteiger charge is 2.25. The van der Waals surface area contributed by atoms with Crippen molar-refractivity contribution in [3.8, 4) is 0 Å². The van der Waals surface area contributed by atoms with Crippen molar-refractivity contribution in [1.82, 2.24) is 14.3 Å². The Morgan fingerprint density at radius 2 is 2.20 bits per heavy atom. The fourth-order valence-electron chi connectivity index (χ4n) is 1.66. The number of methoxy groups -OCH3 is 1. The molecule has 0 saturated heterocycles. The minimum absolute atomic E-state index is 0.0283. The smallest absolute Gasteiger partial charge is 0.259 e. The van der Waals surface area contributed by atoms with Gasteiger partial charge in [-0.3, -0.25) is 0 Å². The van der Waals surface area contributed by atoms with Gasteiger partial charge in [0, 0.05) is 39.4 Å². The Balaban J connectivity index is 2.74. The van der Waals surface area contributed by atoms with Crippen LogP contribution < -0.4 is 4.72 Å². The van der Waals surface area contributed by atoms with Crippen LogP contribution >= 0.6 is 0 Å². The molecule has 7 nitrogen and oxygen atoms in total. The van der Waals surface area contributed by atoms with Gasteiger partial charge in [0.25, 0.3) is 10.0 Å². The zero-order valence-corrected chi connectivity index (χ0v) is 13.2. The first-order valence-electron chi connectivity index (χ1n) is 6.46. The Hall–Kier alpha value is -0.960. The van der Waals surface area contributed by atoms with E-state index in [0.29, 0.717) is 25.4 Å². The molecule has 20 heavy (non-hydrogen) atoms. The van der Waals surface area contributed by atoms with E-state index in [1.54, 1.807) is 18.4 Å². The van der Waals surface area contributed by atoms with Crippen molar-refractivity contribution in [2.45, 2.75) is 44.4 Å². The van der Waals surface area contributed by atoms with E-state index < -0.39 is 15.6 Å². The molecule has 1 unspecified atom stereocenters. The molecule has 2 N–H and O–H groups in total. The monoisotopic (exact) mass is 305 g/mol. The van der Waals surface area contributed by atoms with Gasteiger partial charge in [0.2, 0.25) is 0 Å². The standard InChI is InChI=1S/C12H23N3O4S/c1-5-15-8-11(14-10(15)2)20(17,18)13-9-12(3,16)6-7-19-4/h8,13,16H,5-7,9H2,1-4H3. The highest BCUT2D eigenvalue weighted by atomic mass is 32.2. The Morgan fingerprint density at radius 1 is 1.55 bits per heavy atom. The first-order chi connectivity index (χ1) is 9.22. The molecule has 1 rings (SSSR count). The largest absolute Gasteiger partial charge is 0.389 e. The van der Waals surface area contributed by atoms with Gasteiger partial charge in [-0.2, -0.15) is 0 Å². The summed E-state index contributed by atoms with van der Waals surface area (Å²) in [6.45, 7) is 6.14. The number of rotatable bonds is 8. The predicted octanol–water partition coefficient (Wildman–Crippen LogP) is 0.277. The second-order valence-electron chi connectivity index (χ2n) is 4.98. The van der Waals surface area contributed by atoms with Gasteiger partial charge in [-0.1, -0.05) is 0 Å². The molecular weight excluding hydrogens is 282 g/mol. The summed E-state index contributed by atoms with van der Waals surface area (Å²) in [6.07, 6.45) is 1.83. The van der Waals surface area contributed by atoms with Gasteiger partial charge < -0.3 is 14.4 Å². The van der Waals surface area contributed by atoms with Crippen LogP contribution in [0.15, 0.2) is 11.2 Å². The number of imidazole rings is 1. The van der Waals surface area contributed by atoms with Gasteiger partial charge in [-0.25, -0.2) is 18.1 Å².